The third-order valence-electron chi connectivity index (χ3n) is 3.44. The Morgan fingerprint density at radius 2 is 2.27 bits per heavy atom. The van der Waals surface area contributed by atoms with Crippen molar-refractivity contribution < 1.29 is 4.74 Å². The number of hydrogen-bond donors (Lipinski definition) is 1. The molecule has 3 heteroatoms. The molecule has 1 rings (SSSR count). The van der Waals surface area contributed by atoms with Gasteiger partial charge in [0.25, 0.3) is 0 Å². The summed E-state index contributed by atoms with van der Waals surface area (Å²) in [6, 6.07) is 0.579. The van der Waals surface area contributed by atoms with Crippen LogP contribution in [-0.4, -0.2) is 44.3 Å². The van der Waals surface area contributed by atoms with Crippen LogP contribution in [0.25, 0.3) is 0 Å². The third kappa shape index (κ3) is 3.59. The molecule has 0 bridgehead atoms. The van der Waals surface area contributed by atoms with Crippen molar-refractivity contribution in [3.05, 3.63) is 11.6 Å². The van der Waals surface area contributed by atoms with Gasteiger partial charge in [0.2, 0.25) is 0 Å². The van der Waals surface area contributed by atoms with Crippen molar-refractivity contribution in [2.24, 2.45) is 11.7 Å². The quantitative estimate of drug-likeness (QED) is 0.697. The average Bonchev–Trinajstić information content (AvgIpc) is 2.28. The van der Waals surface area contributed by atoms with Crippen LogP contribution in [0.4, 0.5) is 0 Å². The smallest absolute Gasteiger partial charge is 0.0673 e. The minimum atomic E-state index is 0.572. The van der Waals surface area contributed by atoms with Gasteiger partial charge in [0.05, 0.1) is 6.61 Å². The van der Waals surface area contributed by atoms with Crippen molar-refractivity contribution in [2.75, 3.05) is 33.4 Å². The fraction of sp³-hybridized carbons (Fsp3) is 0.833. The van der Waals surface area contributed by atoms with E-state index in [0.29, 0.717) is 12.0 Å². The molecular formula is C12H24N2O. The molecule has 1 heterocycles. The standard InChI is InChI=1S/C12H24N2O/c1-10(8-13)11(2)14-6-4-12(5-7-14)9-15-3/h4,10-11H,5-9,13H2,1-3H3. The Kier molecular flexibility index (Phi) is 5.29. The van der Waals surface area contributed by atoms with E-state index < -0.39 is 0 Å². The number of rotatable bonds is 5. The maximum atomic E-state index is 5.69. The van der Waals surface area contributed by atoms with E-state index >= 15 is 0 Å². The fourth-order valence-corrected chi connectivity index (χ4v) is 1.97. The molecule has 0 saturated heterocycles. The molecule has 0 aromatic rings. The van der Waals surface area contributed by atoms with Crippen LogP contribution < -0.4 is 5.73 Å². The molecular weight excluding hydrogens is 188 g/mol. The first-order valence-corrected chi connectivity index (χ1v) is 5.80. The van der Waals surface area contributed by atoms with Crippen LogP contribution in [-0.2, 0) is 4.74 Å². The summed E-state index contributed by atoms with van der Waals surface area (Å²) >= 11 is 0. The Bertz CT molecular complexity index is 216. The maximum Gasteiger partial charge on any atom is 0.0673 e. The van der Waals surface area contributed by atoms with Crippen LogP contribution in [0.2, 0.25) is 0 Å². The minimum absolute atomic E-state index is 0.572. The molecule has 0 spiro atoms. The Morgan fingerprint density at radius 3 is 2.73 bits per heavy atom. The lowest BCUT2D eigenvalue weighted by atomic mass is 9.99. The molecule has 0 fully saturated rings. The third-order valence-corrected chi connectivity index (χ3v) is 3.44. The molecule has 1 aliphatic heterocycles. The molecule has 1 aliphatic rings. The van der Waals surface area contributed by atoms with Crippen LogP contribution in [0.3, 0.4) is 0 Å². The van der Waals surface area contributed by atoms with Gasteiger partial charge in [-0.25, -0.2) is 0 Å². The minimum Gasteiger partial charge on any atom is -0.380 e. The van der Waals surface area contributed by atoms with Crippen LogP contribution in [0.5, 0.6) is 0 Å². The van der Waals surface area contributed by atoms with E-state index in [9.17, 15) is 0 Å². The molecule has 0 aliphatic carbocycles. The Hall–Kier alpha value is -0.380. The second-order valence-electron chi connectivity index (χ2n) is 4.49. The van der Waals surface area contributed by atoms with Crippen molar-refractivity contribution in [3.8, 4) is 0 Å². The van der Waals surface area contributed by atoms with Crippen molar-refractivity contribution in [2.45, 2.75) is 26.3 Å². The summed E-state index contributed by atoms with van der Waals surface area (Å²) in [5.74, 6) is 0.572. The zero-order valence-electron chi connectivity index (χ0n) is 10.2. The highest BCUT2D eigenvalue weighted by Crippen LogP contribution is 2.17. The van der Waals surface area contributed by atoms with Crippen LogP contribution in [0.15, 0.2) is 11.6 Å². The van der Waals surface area contributed by atoms with Crippen LogP contribution in [0, 0.1) is 5.92 Å². The molecule has 0 amide bonds. The van der Waals surface area contributed by atoms with Gasteiger partial charge in [0.1, 0.15) is 0 Å². The molecule has 0 radical (unpaired) electrons. The lowest BCUT2D eigenvalue weighted by Crippen LogP contribution is -2.42. The molecule has 88 valence electrons. The summed E-state index contributed by atoms with van der Waals surface area (Å²) in [6.07, 6.45) is 3.43. The summed E-state index contributed by atoms with van der Waals surface area (Å²) in [7, 11) is 1.76. The Balaban J connectivity index is 2.42. The summed E-state index contributed by atoms with van der Waals surface area (Å²) in [4.78, 5) is 2.50. The average molecular weight is 212 g/mol. The van der Waals surface area contributed by atoms with Crippen molar-refractivity contribution in [1.29, 1.82) is 0 Å². The SMILES string of the molecule is COCC1=CCN(C(C)C(C)CN)CC1. The number of nitrogens with zero attached hydrogens (tertiary/aromatic N) is 1. The van der Waals surface area contributed by atoms with Gasteiger partial charge in [-0.2, -0.15) is 0 Å². The summed E-state index contributed by atoms with van der Waals surface area (Å²) in [5.41, 5.74) is 7.12. The number of ether oxygens (including phenoxy) is 1. The fourth-order valence-electron chi connectivity index (χ4n) is 1.97. The second kappa shape index (κ2) is 6.26. The molecule has 2 N–H and O–H groups in total. The number of methoxy groups -OCH3 is 1. The molecule has 0 saturated carbocycles. The first-order valence-electron chi connectivity index (χ1n) is 5.80. The van der Waals surface area contributed by atoms with Gasteiger partial charge in [-0.3, -0.25) is 4.90 Å². The van der Waals surface area contributed by atoms with Crippen molar-refractivity contribution in [3.63, 3.8) is 0 Å². The maximum absolute atomic E-state index is 5.69. The lowest BCUT2D eigenvalue weighted by molar-refractivity contribution is 0.165. The molecule has 0 aromatic carbocycles. The number of nitrogens with two attached hydrogens (primary N) is 1. The van der Waals surface area contributed by atoms with E-state index in [4.69, 9.17) is 10.5 Å². The van der Waals surface area contributed by atoms with Crippen LogP contribution >= 0.6 is 0 Å². The van der Waals surface area contributed by atoms with Gasteiger partial charge in [0, 0.05) is 26.2 Å². The molecule has 3 nitrogen and oxygen atoms in total. The lowest BCUT2D eigenvalue weighted by Gasteiger charge is -2.34. The van der Waals surface area contributed by atoms with Gasteiger partial charge < -0.3 is 10.5 Å². The van der Waals surface area contributed by atoms with E-state index in [-0.39, 0.29) is 0 Å². The summed E-state index contributed by atoms with van der Waals surface area (Å²) in [5, 5.41) is 0. The summed E-state index contributed by atoms with van der Waals surface area (Å²) in [6.45, 7) is 8.23. The van der Waals surface area contributed by atoms with Gasteiger partial charge in [0.15, 0.2) is 0 Å². The summed E-state index contributed by atoms with van der Waals surface area (Å²) < 4.78 is 5.14. The normalized spacial score (nSPS) is 22.3. The van der Waals surface area contributed by atoms with Crippen molar-refractivity contribution in [1.82, 2.24) is 4.90 Å². The van der Waals surface area contributed by atoms with E-state index in [2.05, 4.69) is 24.8 Å². The Labute approximate surface area is 93.3 Å². The number of hydrogen-bond acceptors (Lipinski definition) is 3. The predicted molar refractivity (Wildman–Crippen MR) is 63.8 cm³/mol. The van der Waals surface area contributed by atoms with Gasteiger partial charge >= 0.3 is 0 Å². The molecule has 15 heavy (non-hydrogen) atoms. The highest BCUT2D eigenvalue weighted by atomic mass is 16.5. The topological polar surface area (TPSA) is 38.5 Å². The van der Waals surface area contributed by atoms with E-state index in [1.807, 2.05) is 0 Å². The van der Waals surface area contributed by atoms with Crippen LogP contribution in [0.1, 0.15) is 20.3 Å². The highest BCUT2D eigenvalue weighted by molar-refractivity contribution is 5.08. The van der Waals surface area contributed by atoms with Gasteiger partial charge in [-0.05, 0) is 31.4 Å². The highest BCUT2D eigenvalue weighted by Gasteiger charge is 2.20. The van der Waals surface area contributed by atoms with E-state index in [1.54, 1.807) is 7.11 Å². The first-order chi connectivity index (χ1) is 7.19. The predicted octanol–water partition coefficient (Wildman–Crippen LogP) is 1.25. The van der Waals surface area contributed by atoms with E-state index in [1.165, 1.54) is 5.57 Å². The van der Waals surface area contributed by atoms with Crippen molar-refractivity contribution >= 4 is 0 Å². The largest absolute Gasteiger partial charge is 0.380 e. The monoisotopic (exact) mass is 212 g/mol. The van der Waals surface area contributed by atoms with E-state index in [0.717, 1.165) is 32.7 Å². The Morgan fingerprint density at radius 1 is 1.53 bits per heavy atom. The molecule has 2 atom stereocenters. The van der Waals surface area contributed by atoms with Gasteiger partial charge in [-0.1, -0.05) is 13.0 Å². The molecule has 0 aromatic heterocycles. The first kappa shape index (κ1) is 12.7. The second-order valence-corrected chi connectivity index (χ2v) is 4.49. The van der Waals surface area contributed by atoms with Gasteiger partial charge in [-0.15, -0.1) is 0 Å². The molecule has 2 unspecified atom stereocenters. The zero-order chi connectivity index (χ0) is 11.3. The zero-order valence-corrected chi connectivity index (χ0v) is 10.2.